The number of benzene rings is 2. The molecule has 23 heavy (non-hydrogen) atoms. The SMILES string of the molecule is Cc1ccc(C(=O)NCC(O)c2cccc(C(F)(F)F)c2)cc1. The van der Waals surface area contributed by atoms with Gasteiger partial charge in [-0.05, 0) is 36.8 Å². The van der Waals surface area contributed by atoms with Crippen LogP contribution in [0.5, 0.6) is 0 Å². The zero-order chi connectivity index (χ0) is 17.0. The van der Waals surface area contributed by atoms with Gasteiger partial charge < -0.3 is 10.4 Å². The second-order valence-corrected chi connectivity index (χ2v) is 5.22. The third-order valence-electron chi connectivity index (χ3n) is 3.37. The quantitative estimate of drug-likeness (QED) is 0.905. The summed E-state index contributed by atoms with van der Waals surface area (Å²) in [5.41, 5.74) is 0.695. The van der Waals surface area contributed by atoms with E-state index in [9.17, 15) is 23.1 Å². The highest BCUT2D eigenvalue weighted by Gasteiger charge is 2.30. The second-order valence-electron chi connectivity index (χ2n) is 5.22. The Hall–Kier alpha value is -2.34. The zero-order valence-corrected chi connectivity index (χ0v) is 12.4. The van der Waals surface area contributed by atoms with Crippen LogP contribution in [0.25, 0.3) is 0 Å². The van der Waals surface area contributed by atoms with Crippen molar-refractivity contribution in [2.75, 3.05) is 6.54 Å². The lowest BCUT2D eigenvalue weighted by molar-refractivity contribution is -0.137. The lowest BCUT2D eigenvalue weighted by Crippen LogP contribution is -2.28. The van der Waals surface area contributed by atoms with Crippen molar-refractivity contribution in [2.24, 2.45) is 0 Å². The van der Waals surface area contributed by atoms with Gasteiger partial charge in [-0.15, -0.1) is 0 Å². The Morgan fingerprint density at radius 3 is 2.43 bits per heavy atom. The molecule has 3 nitrogen and oxygen atoms in total. The summed E-state index contributed by atoms with van der Waals surface area (Å²) in [5.74, 6) is -0.393. The molecule has 0 aliphatic carbocycles. The molecule has 0 radical (unpaired) electrons. The van der Waals surface area contributed by atoms with Crippen LogP contribution in [0.4, 0.5) is 13.2 Å². The largest absolute Gasteiger partial charge is 0.416 e. The number of aliphatic hydroxyl groups excluding tert-OH is 1. The Balaban J connectivity index is 2.01. The maximum absolute atomic E-state index is 12.6. The van der Waals surface area contributed by atoms with Gasteiger partial charge in [0.25, 0.3) is 5.91 Å². The molecule has 2 aromatic rings. The first kappa shape index (κ1) is 17.0. The lowest BCUT2D eigenvalue weighted by atomic mass is 10.1. The van der Waals surface area contributed by atoms with Gasteiger partial charge in [-0.3, -0.25) is 4.79 Å². The molecule has 1 amide bonds. The first-order valence-corrected chi connectivity index (χ1v) is 6.97. The van der Waals surface area contributed by atoms with E-state index in [1.54, 1.807) is 24.3 Å². The van der Waals surface area contributed by atoms with E-state index in [1.807, 2.05) is 6.92 Å². The normalized spacial score (nSPS) is 12.7. The molecule has 0 heterocycles. The zero-order valence-electron chi connectivity index (χ0n) is 12.4. The van der Waals surface area contributed by atoms with E-state index < -0.39 is 23.8 Å². The Morgan fingerprint density at radius 1 is 1.17 bits per heavy atom. The number of rotatable bonds is 4. The van der Waals surface area contributed by atoms with Gasteiger partial charge in [0.05, 0.1) is 11.7 Å². The van der Waals surface area contributed by atoms with Crippen LogP contribution in [0.2, 0.25) is 0 Å². The maximum Gasteiger partial charge on any atom is 0.416 e. The molecule has 2 aromatic carbocycles. The highest BCUT2D eigenvalue weighted by Crippen LogP contribution is 2.30. The number of carbonyl (C=O) groups is 1. The maximum atomic E-state index is 12.6. The van der Waals surface area contributed by atoms with Crippen molar-refractivity contribution in [1.82, 2.24) is 5.32 Å². The van der Waals surface area contributed by atoms with Crippen LogP contribution in [-0.4, -0.2) is 17.6 Å². The van der Waals surface area contributed by atoms with Crippen LogP contribution in [0, 0.1) is 6.92 Å². The summed E-state index contributed by atoms with van der Waals surface area (Å²) < 4.78 is 37.9. The molecule has 0 saturated carbocycles. The average molecular weight is 323 g/mol. The van der Waals surface area contributed by atoms with Crippen LogP contribution in [0.1, 0.15) is 33.2 Å². The van der Waals surface area contributed by atoms with E-state index in [-0.39, 0.29) is 12.1 Å². The summed E-state index contributed by atoms with van der Waals surface area (Å²) >= 11 is 0. The molecule has 0 aliphatic heterocycles. The predicted molar refractivity (Wildman–Crippen MR) is 79.9 cm³/mol. The summed E-state index contributed by atoms with van der Waals surface area (Å²) in [6.07, 6.45) is -5.69. The molecule has 0 spiro atoms. The number of halogens is 3. The molecule has 0 bridgehead atoms. The van der Waals surface area contributed by atoms with Crippen molar-refractivity contribution in [1.29, 1.82) is 0 Å². The number of nitrogens with one attached hydrogen (secondary N) is 1. The standard InChI is InChI=1S/C17H16F3NO2/c1-11-5-7-12(8-6-11)16(23)21-10-15(22)13-3-2-4-14(9-13)17(18,19)20/h2-9,15,22H,10H2,1H3,(H,21,23). The average Bonchev–Trinajstić information content (AvgIpc) is 2.52. The number of aryl methyl sites for hydroxylation is 1. The topological polar surface area (TPSA) is 49.3 Å². The molecule has 122 valence electrons. The second kappa shape index (κ2) is 6.83. The predicted octanol–water partition coefficient (Wildman–Crippen LogP) is 3.48. The van der Waals surface area contributed by atoms with Gasteiger partial charge >= 0.3 is 6.18 Å². The molecule has 2 rings (SSSR count). The third-order valence-corrected chi connectivity index (χ3v) is 3.37. The van der Waals surface area contributed by atoms with Gasteiger partial charge in [0.1, 0.15) is 0 Å². The van der Waals surface area contributed by atoms with Crippen molar-refractivity contribution in [2.45, 2.75) is 19.2 Å². The summed E-state index contributed by atoms with van der Waals surface area (Å²) in [5, 5.41) is 12.5. The van der Waals surface area contributed by atoms with Gasteiger partial charge in [0.15, 0.2) is 0 Å². The van der Waals surface area contributed by atoms with Gasteiger partial charge in [0, 0.05) is 12.1 Å². The van der Waals surface area contributed by atoms with Crippen LogP contribution < -0.4 is 5.32 Å². The fourth-order valence-corrected chi connectivity index (χ4v) is 2.04. The van der Waals surface area contributed by atoms with Crippen LogP contribution in [0.3, 0.4) is 0 Å². The number of alkyl halides is 3. The monoisotopic (exact) mass is 323 g/mol. The van der Waals surface area contributed by atoms with Gasteiger partial charge in [-0.2, -0.15) is 13.2 Å². The minimum absolute atomic E-state index is 0.101. The number of aliphatic hydroxyl groups is 1. The smallest absolute Gasteiger partial charge is 0.387 e. The van der Waals surface area contributed by atoms with Gasteiger partial charge in [-0.1, -0.05) is 29.8 Å². The molecule has 0 aromatic heterocycles. The van der Waals surface area contributed by atoms with E-state index in [4.69, 9.17) is 0 Å². The Morgan fingerprint density at radius 2 is 1.83 bits per heavy atom. The van der Waals surface area contributed by atoms with E-state index in [1.165, 1.54) is 12.1 Å². The molecule has 6 heteroatoms. The van der Waals surface area contributed by atoms with Crippen molar-refractivity contribution >= 4 is 5.91 Å². The third kappa shape index (κ3) is 4.56. The van der Waals surface area contributed by atoms with Crippen LogP contribution in [-0.2, 0) is 6.18 Å². The fourth-order valence-electron chi connectivity index (χ4n) is 2.04. The fraction of sp³-hybridized carbons (Fsp3) is 0.235. The van der Waals surface area contributed by atoms with Crippen molar-refractivity contribution < 1.29 is 23.1 Å². The van der Waals surface area contributed by atoms with Crippen molar-refractivity contribution in [3.63, 3.8) is 0 Å². The molecule has 0 fully saturated rings. The Kier molecular flexibility index (Phi) is 5.05. The number of hydrogen-bond donors (Lipinski definition) is 2. The molecule has 0 saturated heterocycles. The first-order valence-electron chi connectivity index (χ1n) is 6.97. The first-order chi connectivity index (χ1) is 10.8. The summed E-state index contributed by atoms with van der Waals surface area (Å²) in [6, 6.07) is 11.3. The minimum Gasteiger partial charge on any atom is -0.387 e. The summed E-state index contributed by atoms with van der Waals surface area (Å²) in [7, 11) is 0. The van der Waals surface area contributed by atoms with Crippen molar-refractivity contribution in [3.05, 3.63) is 70.8 Å². The van der Waals surface area contributed by atoms with Gasteiger partial charge in [-0.25, -0.2) is 0 Å². The summed E-state index contributed by atoms with van der Waals surface area (Å²) in [4.78, 5) is 11.9. The molecule has 2 N–H and O–H groups in total. The molecular formula is C17H16F3NO2. The van der Waals surface area contributed by atoms with E-state index in [0.29, 0.717) is 5.56 Å². The molecule has 1 atom stereocenters. The van der Waals surface area contributed by atoms with Gasteiger partial charge in [0.2, 0.25) is 0 Å². The van der Waals surface area contributed by atoms with Crippen LogP contribution >= 0.6 is 0 Å². The Bertz CT molecular complexity index is 681. The minimum atomic E-state index is -4.47. The Labute approximate surface area is 131 Å². The van der Waals surface area contributed by atoms with Crippen molar-refractivity contribution in [3.8, 4) is 0 Å². The van der Waals surface area contributed by atoms with E-state index >= 15 is 0 Å². The van der Waals surface area contributed by atoms with Crippen LogP contribution in [0.15, 0.2) is 48.5 Å². The number of amides is 1. The van der Waals surface area contributed by atoms with E-state index in [2.05, 4.69) is 5.32 Å². The highest BCUT2D eigenvalue weighted by atomic mass is 19.4. The molecular weight excluding hydrogens is 307 g/mol. The van der Waals surface area contributed by atoms with E-state index in [0.717, 1.165) is 17.7 Å². The molecule has 1 unspecified atom stereocenters. The lowest BCUT2D eigenvalue weighted by Gasteiger charge is -2.14. The number of carbonyl (C=O) groups excluding carboxylic acids is 1. The molecule has 0 aliphatic rings. The number of hydrogen-bond acceptors (Lipinski definition) is 2. The summed E-state index contributed by atoms with van der Waals surface area (Å²) in [6.45, 7) is 1.72. The highest BCUT2D eigenvalue weighted by molar-refractivity contribution is 5.94.